The Labute approximate surface area is 157 Å². The molecule has 6 heteroatoms. The van der Waals surface area contributed by atoms with Crippen LogP contribution in [0.3, 0.4) is 0 Å². The van der Waals surface area contributed by atoms with Crippen LogP contribution in [0.25, 0.3) is 0 Å². The Morgan fingerprint density at radius 1 is 1.26 bits per heavy atom. The van der Waals surface area contributed by atoms with Gasteiger partial charge < -0.3 is 15.0 Å². The molecule has 1 heterocycles. The molecule has 0 aliphatic carbocycles. The zero-order valence-corrected chi connectivity index (χ0v) is 14.9. The number of hydrogen-bond donors (Lipinski definition) is 1. The third-order valence-corrected chi connectivity index (χ3v) is 4.32. The van der Waals surface area contributed by atoms with Crippen molar-refractivity contribution in [1.82, 2.24) is 5.32 Å². The molecule has 0 spiro atoms. The summed E-state index contributed by atoms with van der Waals surface area (Å²) in [4.78, 5) is 26.0. The molecule has 0 aromatic heterocycles. The molecule has 1 N–H and O–H groups in total. The first kappa shape index (κ1) is 18.5. The molecule has 138 valence electrons. The van der Waals surface area contributed by atoms with Gasteiger partial charge >= 0.3 is 0 Å². The molecular weight excluding hydrogens is 347 g/mol. The molecule has 1 unspecified atom stereocenters. The van der Waals surface area contributed by atoms with E-state index in [-0.39, 0.29) is 37.1 Å². The smallest absolute Gasteiger partial charge is 0.227 e. The Balaban J connectivity index is 1.56. The Hall–Kier alpha value is -3.33. The lowest BCUT2D eigenvalue weighted by atomic mass is 10.1. The molecule has 0 saturated carbocycles. The predicted octanol–water partition coefficient (Wildman–Crippen LogP) is 2.36. The summed E-state index contributed by atoms with van der Waals surface area (Å²) in [6.07, 6.45) is 0.128. The van der Waals surface area contributed by atoms with Gasteiger partial charge in [0.1, 0.15) is 11.6 Å². The number of carbonyl (C=O) groups is 2. The fourth-order valence-corrected chi connectivity index (χ4v) is 2.92. The number of ether oxygens (including phenoxy) is 1. The number of rotatable bonds is 4. The van der Waals surface area contributed by atoms with E-state index in [9.17, 15) is 14.0 Å². The summed E-state index contributed by atoms with van der Waals surface area (Å²) in [5, 5.41) is 2.74. The van der Waals surface area contributed by atoms with Crippen LogP contribution in [0.2, 0.25) is 0 Å². The maximum atomic E-state index is 13.0. The van der Waals surface area contributed by atoms with Gasteiger partial charge in [0.25, 0.3) is 0 Å². The number of halogens is 1. The van der Waals surface area contributed by atoms with Crippen molar-refractivity contribution in [2.45, 2.75) is 6.42 Å². The van der Waals surface area contributed by atoms with Crippen molar-refractivity contribution in [3.8, 4) is 17.6 Å². The summed E-state index contributed by atoms with van der Waals surface area (Å²) in [6, 6.07) is 13.0. The summed E-state index contributed by atoms with van der Waals surface area (Å²) in [7, 11) is 1.58. The average Bonchev–Trinajstić information content (AvgIpc) is 3.08. The molecule has 0 bridgehead atoms. The number of para-hydroxylation sites is 1. The van der Waals surface area contributed by atoms with E-state index >= 15 is 0 Å². The lowest BCUT2D eigenvalue weighted by Crippen LogP contribution is -2.33. The van der Waals surface area contributed by atoms with Gasteiger partial charge in [0.05, 0.1) is 25.1 Å². The van der Waals surface area contributed by atoms with Crippen LogP contribution in [0.5, 0.6) is 5.75 Å². The first-order valence-corrected chi connectivity index (χ1v) is 8.54. The second-order valence-electron chi connectivity index (χ2n) is 6.10. The van der Waals surface area contributed by atoms with Crippen molar-refractivity contribution in [2.24, 2.45) is 5.92 Å². The zero-order valence-electron chi connectivity index (χ0n) is 14.9. The molecule has 0 radical (unpaired) electrons. The number of nitrogens with one attached hydrogen (secondary N) is 1. The maximum Gasteiger partial charge on any atom is 0.227 e. The molecule has 1 aliphatic rings. The second kappa shape index (κ2) is 8.37. The first-order chi connectivity index (χ1) is 13.1. The standard InChI is InChI=1S/C21H19FN2O3/c1-27-19-7-3-2-5-15(19)6-4-12-23-21(26)16-13-20(25)24(14-16)18-10-8-17(22)9-11-18/h2-3,5,7-11,16H,12-14H2,1H3,(H,23,26). The molecule has 1 saturated heterocycles. The second-order valence-corrected chi connectivity index (χ2v) is 6.10. The van der Waals surface area contributed by atoms with Crippen molar-refractivity contribution >= 4 is 17.5 Å². The van der Waals surface area contributed by atoms with Crippen molar-refractivity contribution < 1.29 is 18.7 Å². The molecule has 2 aromatic rings. The fraction of sp³-hybridized carbons (Fsp3) is 0.238. The minimum absolute atomic E-state index is 0.128. The molecule has 3 rings (SSSR count). The first-order valence-electron chi connectivity index (χ1n) is 8.54. The molecule has 2 amide bonds. The van der Waals surface area contributed by atoms with E-state index in [1.54, 1.807) is 7.11 Å². The Morgan fingerprint density at radius 3 is 2.74 bits per heavy atom. The number of amides is 2. The number of nitrogens with zero attached hydrogens (tertiary/aromatic N) is 1. The Morgan fingerprint density at radius 2 is 2.00 bits per heavy atom. The van der Waals surface area contributed by atoms with Crippen LogP contribution in [0.15, 0.2) is 48.5 Å². The van der Waals surface area contributed by atoms with Gasteiger partial charge in [-0.05, 0) is 36.4 Å². The van der Waals surface area contributed by atoms with E-state index in [0.29, 0.717) is 11.4 Å². The van der Waals surface area contributed by atoms with E-state index < -0.39 is 5.92 Å². The van der Waals surface area contributed by atoms with Crippen molar-refractivity contribution in [3.63, 3.8) is 0 Å². The SMILES string of the molecule is COc1ccccc1C#CCNC(=O)C1CC(=O)N(c2ccc(F)cc2)C1. The lowest BCUT2D eigenvalue weighted by molar-refractivity contribution is -0.126. The van der Waals surface area contributed by atoms with Crippen LogP contribution in [0, 0.1) is 23.6 Å². The third kappa shape index (κ3) is 4.45. The van der Waals surface area contributed by atoms with E-state index in [4.69, 9.17) is 4.74 Å². The van der Waals surface area contributed by atoms with Gasteiger partial charge in [0.15, 0.2) is 0 Å². The van der Waals surface area contributed by atoms with Crippen LogP contribution >= 0.6 is 0 Å². The highest BCUT2D eigenvalue weighted by Crippen LogP contribution is 2.25. The summed E-state index contributed by atoms with van der Waals surface area (Å²) < 4.78 is 18.3. The molecule has 1 atom stereocenters. The maximum absolute atomic E-state index is 13.0. The van der Waals surface area contributed by atoms with Crippen molar-refractivity contribution in [2.75, 3.05) is 25.1 Å². The zero-order chi connectivity index (χ0) is 19.2. The third-order valence-electron chi connectivity index (χ3n) is 4.32. The summed E-state index contributed by atoms with van der Waals surface area (Å²) in [5.41, 5.74) is 1.33. The van der Waals surface area contributed by atoms with Crippen LogP contribution < -0.4 is 15.0 Å². The predicted molar refractivity (Wildman–Crippen MR) is 99.7 cm³/mol. The van der Waals surface area contributed by atoms with Crippen molar-refractivity contribution in [3.05, 3.63) is 59.9 Å². The highest BCUT2D eigenvalue weighted by molar-refractivity contribution is 6.00. The van der Waals surface area contributed by atoms with Gasteiger partial charge in [-0.3, -0.25) is 9.59 Å². The number of anilines is 1. The van der Waals surface area contributed by atoms with Crippen LogP contribution in [-0.2, 0) is 9.59 Å². The monoisotopic (exact) mass is 366 g/mol. The lowest BCUT2D eigenvalue weighted by Gasteiger charge is -2.16. The minimum atomic E-state index is -0.449. The van der Waals surface area contributed by atoms with Gasteiger partial charge in [-0.2, -0.15) is 0 Å². The molecule has 2 aromatic carbocycles. The summed E-state index contributed by atoms with van der Waals surface area (Å²) in [5.74, 6) is 5.33. The topological polar surface area (TPSA) is 58.6 Å². The summed E-state index contributed by atoms with van der Waals surface area (Å²) in [6.45, 7) is 0.453. The van der Waals surface area contributed by atoms with Crippen LogP contribution in [-0.4, -0.2) is 32.0 Å². The van der Waals surface area contributed by atoms with E-state index in [1.165, 1.54) is 29.2 Å². The Bertz CT molecular complexity index is 900. The molecule has 1 aliphatic heterocycles. The fourth-order valence-electron chi connectivity index (χ4n) is 2.92. The highest BCUT2D eigenvalue weighted by atomic mass is 19.1. The van der Waals surface area contributed by atoms with Crippen LogP contribution in [0.1, 0.15) is 12.0 Å². The number of methoxy groups -OCH3 is 1. The highest BCUT2D eigenvalue weighted by Gasteiger charge is 2.34. The molecule has 1 fully saturated rings. The molecule has 5 nitrogen and oxygen atoms in total. The van der Waals surface area contributed by atoms with E-state index in [0.717, 1.165) is 5.56 Å². The largest absolute Gasteiger partial charge is 0.495 e. The minimum Gasteiger partial charge on any atom is -0.495 e. The van der Waals surface area contributed by atoms with Gasteiger partial charge in [0.2, 0.25) is 11.8 Å². The Kier molecular flexibility index (Phi) is 5.72. The van der Waals surface area contributed by atoms with Gasteiger partial charge in [0, 0.05) is 18.7 Å². The molecule has 27 heavy (non-hydrogen) atoms. The van der Waals surface area contributed by atoms with Gasteiger partial charge in [-0.15, -0.1) is 0 Å². The van der Waals surface area contributed by atoms with E-state index in [2.05, 4.69) is 17.2 Å². The summed E-state index contributed by atoms with van der Waals surface area (Å²) >= 11 is 0. The number of carbonyl (C=O) groups excluding carboxylic acids is 2. The van der Waals surface area contributed by atoms with Crippen LogP contribution in [0.4, 0.5) is 10.1 Å². The van der Waals surface area contributed by atoms with Crippen molar-refractivity contribution in [1.29, 1.82) is 0 Å². The normalized spacial score (nSPS) is 15.9. The van der Waals surface area contributed by atoms with E-state index in [1.807, 2.05) is 24.3 Å². The van der Waals surface area contributed by atoms with Gasteiger partial charge in [-0.1, -0.05) is 24.0 Å². The number of benzene rings is 2. The molecular formula is C21H19FN2O3. The average molecular weight is 366 g/mol. The number of hydrogen-bond acceptors (Lipinski definition) is 3. The van der Waals surface area contributed by atoms with Gasteiger partial charge in [-0.25, -0.2) is 4.39 Å². The quantitative estimate of drug-likeness (QED) is 0.845.